The Hall–Kier alpha value is -3.06. The van der Waals surface area contributed by atoms with Crippen LogP contribution in [0.4, 0.5) is 0 Å². The number of benzene rings is 5. The number of halogens is 3. The highest BCUT2D eigenvalue weighted by atomic mass is 35.5. The molecule has 0 amide bonds. The topological polar surface area (TPSA) is 17.1 Å². The molecule has 0 spiro atoms. The van der Waals surface area contributed by atoms with Crippen molar-refractivity contribution < 1.29 is 4.57 Å². The summed E-state index contributed by atoms with van der Waals surface area (Å²) in [6.45, 7) is 0. The minimum absolute atomic E-state index is 0.562. The van der Waals surface area contributed by atoms with Gasteiger partial charge in [0.25, 0.3) is 0 Å². The van der Waals surface area contributed by atoms with Gasteiger partial charge in [0.1, 0.15) is 0 Å². The van der Waals surface area contributed by atoms with Crippen molar-refractivity contribution in [2.45, 2.75) is 0 Å². The van der Waals surface area contributed by atoms with Crippen molar-refractivity contribution in [3.63, 3.8) is 0 Å². The summed E-state index contributed by atoms with van der Waals surface area (Å²) in [6.07, 6.45) is 2.11. The van der Waals surface area contributed by atoms with Crippen molar-refractivity contribution in [3.8, 4) is 0 Å². The van der Waals surface area contributed by atoms with E-state index < -0.39 is 7.14 Å². The molecule has 0 radical (unpaired) electrons. The van der Waals surface area contributed by atoms with Gasteiger partial charge in [-0.25, -0.2) is 0 Å². The maximum Gasteiger partial charge on any atom is 0.171 e. The summed E-state index contributed by atoms with van der Waals surface area (Å²) in [6, 6.07) is 40.1. The second-order valence-corrected chi connectivity index (χ2v) is 12.6. The Bertz CT molecular complexity index is 1550. The Morgan fingerprint density at radius 3 is 1.59 bits per heavy atom. The van der Waals surface area contributed by atoms with E-state index in [4.69, 9.17) is 34.8 Å². The molecule has 0 atom stereocenters. The molecule has 37 heavy (non-hydrogen) atoms. The van der Waals surface area contributed by atoms with Crippen molar-refractivity contribution >= 4 is 69.5 Å². The summed E-state index contributed by atoms with van der Waals surface area (Å²) >= 11 is 19.0. The quantitative estimate of drug-likeness (QED) is 0.150. The first-order valence-corrected chi connectivity index (χ1v) is 14.5. The van der Waals surface area contributed by atoms with Crippen LogP contribution in [0.5, 0.6) is 0 Å². The van der Waals surface area contributed by atoms with Gasteiger partial charge in [-0.15, -0.1) is 0 Å². The molecule has 0 fully saturated rings. The third-order valence-corrected chi connectivity index (χ3v) is 10.0. The van der Waals surface area contributed by atoms with Gasteiger partial charge in [0, 0.05) is 31.0 Å². The van der Waals surface area contributed by atoms with Gasteiger partial charge in [-0.2, -0.15) is 0 Å². The fourth-order valence-corrected chi connectivity index (χ4v) is 7.60. The molecule has 0 aliphatic rings. The zero-order valence-corrected chi connectivity index (χ0v) is 22.9. The first-order valence-electron chi connectivity index (χ1n) is 11.7. The second kappa shape index (κ2) is 11.1. The molecule has 0 aliphatic carbocycles. The van der Waals surface area contributed by atoms with Crippen LogP contribution >= 0.6 is 41.9 Å². The smallest absolute Gasteiger partial charge is 0.171 e. The van der Waals surface area contributed by atoms with E-state index in [0.29, 0.717) is 31.0 Å². The molecule has 5 rings (SSSR count). The van der Waals surface area contributed by atoms with Crippen LogP contribution < -0.4 is 15.9 Å². The molecule has 0 saturated carbocycles. The lowest BCUT2D eigenvalue weighted by Gasteiger charge is -2.24. The van der Waals surface area contributed by atoms with E-state index in [9.17, 15) is 0 Å². The van der Waals surface area contributed by atoms with E-state index in [1.807, 2.05) is 84.9 Å². The maximum absolute atomic E-state index is 15.4. The largest absolute Gasteiger partial charge is 0.309 e. The van der Waals surface area contributed by atoms with Crippen molar-refractivity contribution in [1.29, 1.82) is 0 Å². The Morgan fingerprint density at radius 1 is 0.568 bits per heavy atom. The number of hydrogen-bond donors (Lipinski definition) is 0. The molecular weight excluding hydrogens is 538 g/mol. The molecule has 182 valence electrons. The van der Waals surface area contributed by atoms with Gasteiger partial charge in [0.05, 0.1) is 0 Å². The molecule has 1 nitrogen and oxygen atoms in total. The highest BCUT2D eigenvalue weighted by Crippen LogP contribution is 2.46. The lowest BCUT2D eigenvalue weighted by atomic mass is 9.95. The van der Waals surface area contributed by atoms with Gasteiger partial charge in [0.2, 0.25) is 0 Å². The third kappa shape index (κ3) is 5.47. The van der Waals surface area contributed by atoms with Crippen LogP contribution in [-0.2, 0) is 4.57 Å². The molecule has 0 N–H and O–H groups in total. The zero-order valence-electron chi connectivity index (χ0n) is 19.7. The summed E-state index contributed by atoms with van der Waals surface area (Å²) in [5.41, 5.74) is 3.75. The van der Waals surface area contributed by atoms with E-state index in [1.165, 1.54) is 0 Å². The lowest BCUT2D eigenvalue weighted by Crippen LogP contribution is -2.27. The van der Waals surface area contributed by atoms with Gasteiger partial charge in [-0.3, -0.25) is 0 Å². The Morgan fingerprint density at radius 2 is 1.05 bits per heavy atom. The van der Waals surface area contributed by atoms with Crippen LogP contribution in [0.3, 0.4) is 0 Å². The van der Waals surface area contributed by atoms with Crippen LogP contribution in [-0.4, -0.2) is 0 Å². The average molecular weight is 560 g/mol. The summed E-state index contributed by atoms with van der Waals surface area (Å²) in [7, 11) is -3.37. The van der Waals surface area contributed by atoms with Crippen molar-refractivity contribution in [1.82, 2.24) is 0 Å². The highest BCUT2D eigenvalue weighted by Gasteiger charge is 2.33. The molecule has 0 bridgehead atoms. The number of hydrogen-bond acceptors (Lipinski definition) is 1. The maximum atomic E-state index is 15.4. The molecule has 0 aliphatic heterocycles. The zero-order chi connectivity index (χ0) is 25.8. The second-order valence-electron chi connectivity index (χ2n) is 8.56. The standard InChI is InChI=1S/C32H22Cl3OP/c33-25-11-16-28(17-12-25)37(36,29-18-13-26(34)14-19-29)32-20-15-27(35)22-31(32)30(24-9-5-2-6-10-24)21-23-7-3-1-4-8-23/h1-22H/b30-21+. The van der Waals surface area contributed by atoms with Gasteiger partial charge < -0.3 is 4.57 Å². The fraction of sp³-hybridized carbons (Fsp3) is 0. The average Bonchev–Trinajstić information content (AvgIpc) is 2.93. The van der Waals surface area contributed by atoms with E-state index in [2.05, 4.69) is 18.2 Å². The molecule has 0 aromatic heterocycles. The highest BCUT2D eigenvalue weighted by molar-refractivity contribution is 7.85. The van der Waals surface area contributed by atoms with Gasteiger partial charge in [0.15, 0.2) is 7.14 Å². The van der Waals surface area contributed by atoms with E-state index >= 15 is 4.57 Å². The van der Waals surface area contributed by atoms with Gasteiger partial charge in [-0.05, 0) is 95.1 Å². The molecule has 0 unspecified atom stereocenters. The molecule has 5 aromatic carbocycles. The summed E-state index contributed by atoms with van der Waals surface area (Å²) in [4.78, 5) is 0. The van der Waals surface area contributed by atoms with Crippen LogP contribution in [0.25, 0.3) is 11.6 Å². The van der Waals surface area contributed by atoms with Crippen molar-refractivity contribution in [2.24, 2.45) is 0 Å². The van der Waals surface area contributed by atoms with E-state index in [1.54, 1.807) is 30.3 Å². The molecule has 0 heterocycles. The predicted molar refractivity (Wildman–Crippen MR) is 161 cm³/mol. The monoisotopic (exact) mass is 558 g/mol. The molecule has 0 saturated heterocycles. The van der Waals surface area contributed by atoms with Gasteiger partial charge in [-0.1, -0.05) is 95.5 Å². The SMILES string of the molecule is O=P(c1ccc(Cl)cc1)(c1ccc(Cl)cc1)c1ccc(Cl)cc1/C(=C/c1ccccc1)c1ccccc1. The van der Waals surface area contributed by atoms with Crippen LogP contribution in [0.1, 0.15) is 16.7 Å². The molecule has 5 aromatic rings. The minimum Gasteiger partial charge on any atom is -0.309 e. The Labute approximate surface area is 232 Å². The first kappa shape index (κ1) is 25.6. The predicted octanol–water partition coefficient (Wildman–Crippen LogP) is 8.88. The fourth-order valence-electron chi connectivity index (χ4n) is 4.38. The van der Waals surface area contributed by atoms with E-state index in [0.717, 1.165) is 22.3 Å². The Balaban J connectivity index is 1.84. The van der Waals surface area contributed by atoms with Crippen molar-refractivity contribution in [2.75, 3.05) is 0 Å². The van der Waals surface area contributed by atoms with Crippen LogP contribution in [0, 0.1) is 0 Å². The summed E-state index contributed by atoms with van der Waals surface area (Å²) < 4.78 is 15.4. The summed E-state index contributed by atoms with van der Waals surface area (Å²) in [5, 5.41) is 3.76. The first-order chi connectivity index (χ1) is 17.9. The third-order valence-electron chi connectivity index (χ3n) is 6.16. The number of rotatable bonds is 6. The normalized spacial score (nSPS) is 11.9. The van der Waals surface area contributed by atoms with Crippen molar-refractivity contribution in [3.05, 3.63) is 159 Å². The van der Waals surface area contributed by atoms with Crippen LogP contribution in [0.15, 0.2) is 127 Å². The lowest BCUT2D eigenvalue weighted by molar-refractivity contribution is 0.592. The molecular formula is C32H22Cl3OP. The van der Waals surface area contributed by atoms with E-state index in [-0.39, 0.29) is 0 Å². The van der Waals surface area contributed by atoms with Crippen LogP contribution in [0.2, 0.25) is 15.1 Å². The summed E-state index contributed by atoms with van der Waals surface area (Å²) in [5.74, 6) is 0. The van der Waals surface area contributed by atoms with Gasteiger partial charge >= 0.3 is 0 Å². The Kier molecular flexibility index (Phi) is 7.70. The minimum atomic E-state index is -3.37. The molecule has 5 heteroatoms.